The number of rotatable bonds is 8. The molecule has 3 rings (SSSR count). The molecule has 0 bridgehead atoms. The number of likely N-dealkylation sites (tertiary alicyclic amines) is 1. The third-order valence-corrected chi connectivity index (χ3v) is 4.74. The Balaban J connectivity index is 1.45. The molecule has 0 spiro atoms. The van der Waals surface area contributed by atoms with Gasteiger partial charge in [-0.05, 0) is 49.1 Å². The van der Waals surface area contributed by atoms with Crippen LogP contribution < -0.4 is 5.32 Å². The van der Waals surface area contributed by atoms with Gasteiger partial charge in [-0.15, -0.1) is 0 Å². The molecule has 0 saturated carbocycles. The molecule has 2 aromatic rings. The molecule has 1 aromatic heterocycles. The van der Waals surface area contributed by atoms with E-state index in [1.165, 1.54) is 6.07 Å². The van der Waals surface area contributed by atoms with Crippen LogP contribution in [0.1, 0.15) is 30.4 Å². The summed E-state index contributed by atoms with van der Waals surface area (Å²) in [5.41, 5.74) is 1.83. The third kappa shape index (κ3) is 4.86. The quantitative estimate of drug-likeness (QED) is 0.751. The Hall–Kier alpha value is -2.27. The van der Waals surface area contributed by atoms with E-state index >= 15 is 0 Å². The number of halogens is 1. The number of carbonyl (C=O) groups excluding carboxylic acids is 1. The van der Waals surface area contributed by atoms with Gasteiger partial charge in [0.25, 0.3) is 0 Å². The first kappa shape index (κ1) is 17.5. The van der Waals surface area contributed by atoms with Crippen LogP contribution in [0.25, 0.3) is 0 Å². The SMILES string of the molecule is O=C1CC[C@H](CCNCc2cccnc2)N1CCc1ccccc1F. The molecular formula is C20H24FN3O. The number of hydrogen-bond donors (Lipinski definition) is 1. The maximum atomic E-state index is 13.7. The monoisotopic (exact) mass is 341 g/mol. The molecule has 1 aliphatic rings. The molecule has 0 unspecified atom stereocenters. The van der Waals surface area contributed by atoms with Gasteiger partial charge >= 0.3 is 0 Å². The Kier molecular flexibility index (Phi) is 6.12. The lowest BCUT2D eigenvalue weighted by Gasteiger charge is -2.25. The minimum atomic E-state index is -0.191. The highest BCUT2D eigenvalue weighted by Crippen LogP contribution is 2.22. The van der Waals surface area contributed by atoms with E-state index in [4.69, 9.17) is 0 Å². The van der Waals surface area contributed by atoms with E-state index in [1.807, 2.05) is 29.3 Å². The molecular weight excluding hydrogens is 317 g/mol. The van der Waals surface area contributed by atoms with Crippen molar-refractivity contribution in [1.29, 1.82) is 0 Å². The highest BCUT2D eigenvalue weighted by Gasteiger charge is 2.30. The lowest BCUT2D eigenvalue weighted by molar-refractivity contribution is -0.129. The first-order valence-corrected chi connectivity index (χ1v) is 8.86. The molecule has 1 N–H and O–H groups in total. The summed E-state index contributed by atoms with van der Waals surface area (Å²) in [6.45, 7) is 2.22. The summed E-state index contributed by atoms with van der Waals surface area (Å²) >= 11 is 0. The zero-order valence-electron chi connectivity index (χ0n) is 14.3. The van der Waals surface area contributed by atoms with E-state index in [9.17, 15) is 9.18 Å². The molecule has 132 valence electrons. The number of nitrogens with one attached hydrogen (secondary N) is 1. The Morgan fingerprint density at radius 2 is 2.12 bits per heavy atom. The van der Waals surface area contributed by atoms with Gasteiger partial charge in [0.05, 0.1) is 0 Å². The average molecular weight is 341 g/mol. The maximum absolute atomic E-state index is 13.7. The maximum Gasteiger partial charge on any atom is 0.222 e. The lowest BCUT2D eigenvalue weighted by atomic mass is 10.1. The van der Waals surface area contributed by atoms with E-state index in [0.29, 0.717) is 24.9 Å². The van der Waals surface area contributed by atoms with Gasteiger partial charge in [-0.1, -0.05) is 24.3 Å². The molecule has 1 aliphatic heterocycles. The minimum Gasteiger partial charge on any atom is -0.339 e. The van der Waals surface area contributed by atoms with Crippen molar-refractivity contribution in [2.75, 3.05) is 13.1 Å². The molecule has 0 radical (unpaired) electrons. The van der Waals surface area contributed by atoms with Crippen LogP contribution in [0.15, 0.2) is 48.8 Å². The van der Waals surface area contributed by atoms with Crippen molar-refractivity contribution in [3.8, 4) is 0 Å². The fourth-order valence-corrected chi connectivity index (χ4v) is 3.35. The summed E-state index contributed by atoms with van der Waals surface area (Å²) in [6, 6.07) is 11.0. The minimum absolute atomic E-state index is 0.189. The molecule has 1 amide bonds. The predicted octanol–water partition coefficient (Wildman–Crippen LogP) is 2.93. The summed E-state index contributed by atoms with van der Waals surface area (Å²) in [5, 5.41) is 3.41. The van der Waals surface area contributed by atoms with Crippen LogP contribution in [0.2, 0.25) is 0 Å². The summed E-state index contributed by atoms with van der Waals surface area (Å²) in [5.74, 6) is -0.00238. The first-order chi connectivity index (χ1) is 12.2. The van der Waals surface area contributed by atoms with Crippen molar-refractivity contribution in [3.63, 3.8) is 0 Å². The summed E-state index contributed by atoms with van der Waals surface area (Å²) in [4.78, 5) is 18.2. The molecule has 25 heavy (non-hydrogen) atoms. The number of carbonyl (C=O) groups is 1. The first-order valence-electron chi connectivity index (χ1n) is 8.86. The number of nitrogens with zero attached hydrogens (tertiary/aromatic N) is 2. The second-order valence-corrected chi connectivity index (χ2v) is 6.45. The van der Waals surface area contributed by atoms with E-state index in [2.05, 4.69) is 10.3 Å². The van der Waals surface area contributed by atoms with Crippen LogP contribution in [0, 0.1) is 5.82 Å². The summed E-state index contributed by atoms with van der Waals surface area (Å²) in [7, 11) is 0. The molecule has 2 heterocycles. The van der Waals surface area contributed by atoms with Gasteiger partial charge < -0.3 is 10.2 Å². The van der Waals surface area contributed by atoms with Crippen molar-refractivity contribution >= 4 is 5.91 Å². The van der Waals surface area contributed by atoms with Gasteiger partial charge in [0.1, 0.15) is 5.82 Å². The fraction of sp³-hybridized carbons (Fsp3) is 0.400. The predicted molar refractivity (Wildman–Crippen MR) is 95.4 cm³/mol. The topological polar surface area (TPSA) is 45.2 Å². The van der Waals surface area contributed by atoms with Crippen LogP contribution in [0.4, 0.5) is 4.39 Å². The lowest BCUT2D eigenvalue weighted by Crippen LogP contribution is -2.36. The van der Waals surface area contributed by atoms with Crippen molar-refractivity contribution in [2.45, 2.75) is 38.3 Å². The Morgan fingerprint density at radius 1 is 1.24 bits per heavy atom. The Morgan fingerprint density at radius 3 is 2.92 bits per heavy atom. The zero-order chi connectivity index (χ0) is 17.5. The number of pyridine rings is 1. The summed E-state index contributed by atoms with van der Waals surface area (Å²) in [6.07, 6.45) is 6.60. The molecule has 1 atom stereocenters. The second kappa shape index (κ2) is 8.72. The van der Waals surface area contributed by atoms with Crippen molar-refractivity contribution in [3.05, 3.63) is 65.7 Å². The fourth-order valence-electron chi connectivity index (χ4n) is 3.35. The Labute approximate surface area is 148 Å². The molecule has 1 saturated heterocycles. The smallest absolute Gasteiger partial charge is 0.222 e. The van der Waals surface area contributed by atoms with E-state index in [0.717, 1.165) is 31.5 Å². The van der Waals surface area contributed by atoms with Crippen LogP contribution in [-0.4, -0.2) is 34.9 Å². The van der Waals surface area contributed by atoms with Gasteiger partial charge in [0.15, 0.2) is 0 Å². The third-order valence-electron chi connectivity index (χ3n) is 4.74. The largest absolute Gasteiger partial charge is 0.339 e. The number of hydrogen-bond acceptors (Lipinski definition) is 3. The van der Waals surface area contributed by atoms with Crippen LogP contribution in [-0.2, 0) is 17.8 Å². The van der Waals surface area contributed by atoms with Gasteiger partial charge in [0, 0.05) is 37.9 Å². The zero-order valence-corrected chi connectivity index (χ0v) is 14.3. The van der Waals surface area contributed by atoms with Crippen LogP contribution >= 0.6 is 0 Å². The molecule has 0 aliphatic carbocycles. The molecule has 1 fully saturated rings. The highest BCUT2D eigenvalue weighted by molar-refractivity contribution is 5.78. The number of benzene rings is 1. The summed E-state index contributed by atoms with van der Waals surface area (Å²) < 4.78 is 13.7. The number of amides is 1. The van der Waals surface area contributed by atoms with E-state index in [-0.39, 0.29) is 17.8 Å². The second-order valence-electron chi connectivity index (χ2n) is 6.45. The normalized spacial score (nSPS) is 17.2. The van der Waals surface area contributed by atoms with Crippen LogP contribution in [0.3, 0.4) is 0 Å². The van der Waals surface area contributed by atoms with Crippen molar-refractivity contribution < 1.29 is 9.18 Å². The standard InChI is InChI=1S/C20H24FN3O/c21-19-6-2-1-5-17(19)10-13-24-18(7-8-20(24)25)9-12-23-15-16-4-3-11-22-14-16/h1-6,11,14,18,23H,7-10,12-13,15H2/t18-/m1/s1. The van der Waals surface area contributed by atoms with Gasteiger partial charge in [0.2, 0.25) is 5.91 Å². The Bertz CT molecular complexity index is 692. The van der Waals surface area contributed by atoms with Crippen molar-refractivity contribution in [1.82, 2.24) is 15.2 Å². The molecule has 4 nitrogen and oxygen atoms in total. The van der Waals surface area contributed by atoms with Gasteiger partial charge in [-0.2, -0.15) is 0 Å². The molecule has 1 aromatic carbocycles. The van der Waals surface area contributed by atoms with E-state index in [1.54, 1.807) is 18.3 Å². The van der Waals surface area contributed by atoms with E-state index < -0.39 is 0 Å². The molecule has 5 heteroatoms. The van der Waals surface area contributed by atoms with Crippen molar-refractivity contribution in [2.24, 2.45) is 0 Å². The van der Waals surface area contributed by atoms with Gasteiger partial charge in [-0.3, -0.25) is 9.78 Å². The highest BCUT2D eigenvalue weighted by atomic mass is 19.1. The van der Waals surface area contributed by atoms with Gasteiger partial charge in [-0.25, -0.2) is 4.39 Å². The number of aromatic nitrogens is 1. The van der Waals surface area contributed by atoms with Crippen LogP contribution in [0.5, 0.6) is 0 Å². The average Bonchev–Trinajstić information content (AvgIpc) is 2.99.